The lowest BCUT2D eigenvalue weighted by molar-refractivity contribution is 1.12. The third-order valence-corrected chi connectivity index (χ3v) is 13.5. The van der Waals surface area contributed by atoms with Crippen molar-refractivity contribution in [3.63, 3.8) is 0 Å². The predicted molar refractivity (Wildman–Crippen MR) is 270 cm³/mol. The van der Waals surface area contributed by atoms with Crippen molar-refractivity contribution in [1.29, 1.82) is 0 Å². The van der Waals surface area contributed by atoms with E-state index in [1.165, 1.54) is 32.5 Å². The summed E-state index contributed by atoms with van der Waals surface area (Å²) >= 11 is 0. The standard InChI is InChI=1S/C60H36N4O/c65-60-45-32-31-41(38-19-6-2-7-20-38)36-48(45)55-52(34-33-49-56(55)64(60)59(61-49)39-21-8-3-9-22-39)63-51-30-15-13-28-47(51)54-44-26-11-10-25-43(44)53-46-27-12-14-29-50(46)62(57(53)58(54)63)42-24-16-23-40(35-42)37-17-4-1-5-18-37/h1-36H. The van der Waals surface area contributed by atoms with Gasteiger partial charge in [0.15, 0.2) is 0 Å². The quantitative estimate of drug-likeness (QED) is 0.162. The van der Waals surface area contributed by atoms with E-state index < -0.39 is 0 Å². The summed E-state index contributed by atoms with van der Waals surface area (Å²) in [6.07, 6.45) is 0. The van der Waals surface area contributed by atoms with Crippen LogP contribution in [-0.4, -0.2) is 18.5 Å². The van der Waals surface area contributed by atoms with Crippen LogP contribution >= 0.6 is 0 Å². The van der Waals surface area contributed by atoms with Gasteiger partial charge in [-0.3, -0.25) is 9.20 Å². The molecule has 0 saturated heterocycles. The van der Waals surface area contributed by atoms with Crippen LogP contribution in [0.2, 0.25) is 0 Å². The predicted octanol–water partition coefficient (Wildman–Crippen LogP) is 14.8. The van der Waals surface area contributed by atoms with Gasteiger partial charge in [-0.2, -0.15) is 0 Å². The Morgan fingerprint density at radius 2 is 0.862 bits per heavy atom. The molecule has 0 unspecified atom stereocenters. The van der Waals surface area contributed by atoms with Gasteiger partial charge in [0.2, 0.25) is 0 Å². The number of para-hydroxylation sites is 2. The number of imidazole rings is 1. The Labute approximate surface area is 372 Å². The molecule has 5 heteroatoms. The second-order valence-electron chi connectivity index (χ2n) is 17.0. The molecule has 0 atom stereocenters. The summed E-state index contributed by atoms with van der Waals surface area (Å²) in [5, 5.41) is 9.64. The van der Waals surface area contributed by atoms with E-state index in [-0.39, 0.29) is 5.56 Å². The minimum Gasteiger partial charge on any atom is -0.307 e. The molecule has 0 bridgehead atoms. The third kappa shape index (κ3) is 5.03. The molecular formula is C60H36N4O. The Morgan fingerprint density at radius 1 is 0.338 bits per heavy atom. The highest BCUT2D eigenvalue weighted by Gasteiger charge is 2.28. The number of pyridine rings is 1. The fourth-order valence-corrected chi connectivity index (χ4v) is 10.8. The van der Waals surface area contributed by atoms with E-state index in [0.29, 0.717) is 11.2 Å². The monoisotopic (exact) mass is 828 g/mol. The maximum absolute atomic E-state index is 15.1. The molecule has 14 rings (SSSR count). The van der Waals surface area contributed by atoms with Crippen molar-refractivity contribution in [2.24, 2.45) is 0 Å². The SMILES string of the molecule is O=c1c2ccc(-c3ccccc3)cc2c2c(-n3c4ccccc4c4c5ccccc5c5c6ccccc6n(-c6cccc(-c7ccccc7)c6)c5c43)ccc3nc(-c4ccccc4)n1c32. The van der Waals surface area contributed by atoms with E-state index in [9.17, 15) is 0 Å². The molecule has 4 aromatic heterocycles. The highest BCUT2D eigenvalue weighted by molar-refractivity contribution is 6.37. The van der Waals surface area contributed by atoms with Crippen molar-refractivity contribution in [2.75, 3.05) is 0 Å². The van der Waals surface area contributed by atoms with Crippen molar-refractivity contribution in [2.45, 2.75) is 0 Å². The summed E-state index contributed by atoms with van der Waals surface area (Å²) in [7, 11) is 0. The van der Waals surface area contributed by atoms with E-state index in [1.807, 2.05) is 46.9 Å². The topological polar surface area (TPSA) is 44.2 Å². The van der Waals surface area contributed by atoms with Gasteiger partial charge in [-0.25, -0.2) is 4.98 Å². The van der Waals surface area contributed by atoms with Gasteiger partial charge in [0.1, 0.15) is 5.82 Å². The summed E-state index contributed by atoms with van der Waals surface area (Å²) in [6.45, 7) is 0. The zero-order chi connectivity index (χ0) is 42.8. The largest absolute Gasteiger partial charge is 0.307 e. The Morgan fingerprint density at radius 3 is 1.51 bits per heavy atom. The Kier molecular flexibility index (Phi) is 7.48. The summed E-state index contributed by atoms with van der Waals surface area (Å²) in [5.41, 5.74) is 13.3. The maximum atomic E-state index is 15.1. The zero-order valence-electron chi connectivity index (χ0n) is 35.0. The Bertz CT molecular complexity index is 4300. The third-order valence-electron chi connectivity index (χ3n) is 13.5. The van der Waals surface area contributed by atoms with Crippen LogP contribution in [0.1, 0.15) is 0 Å². The molecular weight excluding hydrogens is 793 g/mol. The second kappa shape index (κ2) is 13.6. The highest BCUT2D eigenvalue weighted by atomic mass is 16.1. The van der Waals surface area contributed by atoms with Crippen LogP contribution in [0.3, 0.4) is 0 Å². The summed E-state index contributed by atoms with van der Waals surface area (Å²) in [4.78, 5) is 20.3. The van der Waals surface area contributed by atoms with Crippen LogP contribution < -0.4 is 5.56 Å². The van der Waals surface area contributed by atoms with Crippen molar-refractivity contribution >= 4 is 81.6 Å². The van der Waals surface area contributed by atoms with Gasteiger partial charge in [-0.15, -0.1) is 0 Å². The van der Waals surface area contributed by atoms with Gasteiger partial charge in [0.05, 0.1) is 38.8 Å². The molecule has 302 valence electrons. The molecule has 14 aromatic rings. The molecule has 0 aliphatic carbocycles. The van der Waals surface area contributed by atoms with E-state index in [2.05, 4.69) is 185 Å². The number of hydrogen-bond donors (Lipinski definition) is 0. The van der Waals surface area contributed by atoms with Crippen LogP contribution in [0.15, 0.2) is 223 Å². The van der Waals surface area contributed by atoms with Gasteiger partial charge < -0.3 is 9.13 Å². The first-order valence-electron chi connectivity index (χ1n) is 22.1. The fraction of sp³-hybridized carbons (Fsp3) is 0. The minimum absolute atomic E-state index is 0.0837. The molecule has 0 aliphatic heterocycles. The fourth-order valence-electron chi connectivity index (χ4n) is 10.8. The van der Waals surface area contributed by atoms with E-state index >= 15 is 4.79 Å². The van der Waals surface area contributed by atoms with Crippen LogP contribution in [0, 0.1) is 0 Å². The van der Waals surface area contributed by atoms with Crippen molar-refractivity contribution in [1.82, 2.24) is 18.5 Å². The highest BCUT2D eigenvalue weighted by Crippen LogP contribution is 2.48. The van der Waals surface area contributed by atoms with E-state index in [0.717, 1.165) is 82.9 Å². The number of hydrogen-bond acceptors (Lipinski definition) is 2. The summed E-state index contributed by atoms with van der Waals surface area (Å²) in [6, 6.07) is 77.2. The molecule has 0 spiro atoms. The lowest BCUT2D eigenvalue weighted by Gasteiger charge is -2.17. The molecule has 0 aliphatic rings. The molecule has 0 radical (unpaired) electrons. The van der Waals surface area contributed by atoms with Crippen LogP contribution in [0.5, 0.6) is 0 Å². The van der Waals surface area contributed by atoms with Crippen molar-refractivity contribution < 1.29 is 0 Å². The molecule has 0 saturated carbocycles. The molecule has 4 heterocycles. The smallest absolute Gasteiger partial charge is 0.264 e. The van der Waals surface area contributed by atoms with Crippen LogP contribution in [-0.2, 0) is 0 Å². The van der Waals surface area contributed by atoms with Crippen LogP contribution in [0.4, 0.5) is 0 Å². The molecule has 0 amide bonds. The zero-order valence-corrected chi connectivity index (χ0v) is 35.0. The van der Waals surface area contributed by atoms with Gasteiger partial charge in [0, 0.05) is 43.6 Å². The summed E-state index contributed by atoms with van der Waals surface area (Å²) < 4.78 is 6.83. The Hall–Kier alpha value is -8.80. The molecule has 10 aromatic carbocycles. The van der Waals surface area contributed by atoms with Crippen molar-refractivity contribution in [3.8, 4) is 45.0 Å². The molecule has 65 heavy (non-hydrogen) atoms. The number of aromatic nitrogens is 4. The lowest BCUT2D eigenvalue weighted by atomic mass is 9.97. The number of rotatable bonds is 5. The number of benzene rings is 10. The van der Waals surface area contributed by atoms with Crippen LogP contribution in [0.25, 0.3) is 127 Å². The van der Waals surface area contributed by atoms with Gasteiger partial charge in [-0.05, 0) is 86.9 Å². The van der Waals surface area contributed by atoms with Gasteiger partial charge in [0.25, 0.3) is 5.56 Å². The van der Waals surface area contributed by atoms with Gasteiger partial charge in [-0.1, -0.05) is 170 Å². The molecule has 0 fully saturated rings. The first-order valence-corrected chi connectivity index (χ1v) is 22.1. The maximum Gasteiger partial charge on any atom is 0.264 e. The summed E-state index contributed by atoms with van der Waals surface area (Å²) in [5.74, 6) is 0.635. The number of fused-ring (bicyclic) bond motifs is 12. The van der Waals surface area contributed by atoms with E-state index in [1.54, 1.807) is 0 Å². The first-order chi connectivity index (χ1) is 32.2. The van der Waals surface area contributed by atoms with Gasteiger partial charge >= 0.3 is 0 Å². The van der Waals surface area contributed by atoms with Crippen molar-refractivity contribution in [3.05, 3.63) is 229 Å². The normalized spacial score (nSPS) is 12.1. The Balaban J connectivity index is 1.22. The second-order valence-corrected chi connectivity index (χ2v) is 17.0. The first kappa shape index (κ1) is 35.8. The average Bonchev–Trinajstić information content (AvgIpc) is 4.05. The van der Waals surface area contributed by atoms with E-state index in [4.69, 9.17) is 4.98 Å². The lowest BCUT2D eigenvalue weighted by Crippen LogP contribution is -2.15. The molecule has 5 nitrogen and oxygen atoms in total. The number of nitrogens with zero attached hydrogens (tertiary/aromatic N) is 4. The average molecular weight is 829 g/mol. The molecule has 0 N–H and O–H groups in total. The minimum atomic E-state index is -0.0837.